The van der Waals surface area contributed by atoms with Gasteiger partial charge in [-0.2, -0.15) is 0 Å². The lowest BCUT2D eigenvalue weighted by atomic mass is 10.2. The van der Waals surface area contributed by atoms with Crippen molar-refractivity contribution in [2.45, 2.75) is 20.3 Å². The summed E-state index contributed by atoms with van der Waals surface area (Å²) in [6.07, 6.45) is 0.403. The van der Waals surface area contributed by atoms with Crippen LogP contribution in [0.5, 0.6) is 0 Å². The third kappa shape index (κ3) is 3.31. The molecule has 16 heavy (non-hydrogen) atoms. The Morgan fingerprint density at radius 2 is 2.12 bits per heavy atom. The number of nitrogens with one attached hydrogen (secondary N) is 1. The zero-order valence-electron chi connectivity index (χ0n) is 9.21. The van der Waals surface area contributed by atoms with Crippen LogP contribution < -0.4 is 5.32 Å². The van der Waals surface area contributed by atoms with Crippen molar-refractivity contribution < 1.29 is 9.59 Å². The fourth-order valence-electron chi connectivity index (χ4n) is 1.09. The summed E-state index contributed by atoms with van der Waals surface area (Å²) in [4.78, 5) is 26.6. The summed E-state index contributed by atoms with van der Waals surface area (Å²) in [5.74, 6) is -0.399. The predicted molar refractivity (Wildman–Crippen MR) is 61.6 cm³/mol. The summed E-state index contributed by atoms with van der Waals surface area (Å²) in [5.41, 5.74) is 1.03. The first kappa shape index (κ1) is 12.6. The minimum absolute atomic E-state index is 0.0236. The highest BCUT2D eigenvalue weighted by molar-refractivity contribution is 6.32. The second-order valence-corrected chi connectivity index (χ2v) is 3.72. The monoisotopic (exact) mass is 240 g/mol. The molecule has 1 aromatic rings. The zero-order chi connectivity index (χ0) is 12.1. The highest BCUT2D eigenvalue weighted by Gasteiger charge is 2.11. The number of aromatic nitrogens is 1. The van der Waals surface area contributed by atoms with E-state index in [1.807, 2.05) is 0 Å². The Bertz CT molecular complexity index is 418. The molecule has 0 saturated carbocycles. The first-order chi connectivity index (χ1) is 7.54. The van der Waals surface area contributed by atoms with Crippen LogP contribution >= 0.6 is 11.6 Å². The summed E-state index contributed by atoms with van der Waals surface area (Å²) in [6, 6.07) is 3.29. The van der Waals surface area contributed by atoms with Gasteiger partial charge < -0.3 is 5.32 Å². The van der Waals surface area contributed by atoms with Crippen molar-refractivity contribution in [3.63, 3.8) is 0 Å². The van der Waals surface area contributed by atoms with E-state index in [1.54, 1.807) is 26.0 Å². The highest BCUT2D eigenvalue weighted by Crippen LogP contribution is 2.13. The maximum Gasteiger partial charge on any atom is 0.254 e. The van der Waals surface area contributed by atoms with Crippen molar-refractivity contribution >= 4 is 23.3 Å². The Kier molecular flexibility index (Phi) is 4.43. The number of nitrogens with zero attached hydrogens (tertiary/aromatic N) is 1. The fraction of sp³-hybridized carbons (Fsp3) is 0.364. The van der Waals surface area contributed by atoms with E-state index in [2.05, 4.69) is 10.3 Å². The smallest absolute Gasteiger partial charge is 0.254 e. The Morgan fingerprint density at radius 3 is 2.69 bits per heavy atom. The number of Topliss-reactive ketones (excluding diaryl/α,β-unsaturated/α-hetero) is 1. The van der Waals surface area contributed by atoms with Gasteiger partial charge in [-0.05, 0) is 19.1 Å². The van der Waals surface area contributed by atoms with Crippen LogP contribution in [0.2, 0.25) is 5.15 Å². The molecule has 5 heteroatoms. The number of hydrogen-bond acceptors (Lipinski definition) is 3. The molecule has 0 fully saturated rings. The van der Waals surface area contributed by atoms with E-state index in [-0.39, 0.29) is 29.0 Å². The molecule has 0 bridgehead atoms. The number of carbonyl (C=O) groups is 2. The molecule has 86 valence electrons. The summed E-state index contributed by atoms with van der Waals surface area (Å²) in [7, 11) is 0. The molecular weight excluding hydrogens is 228 g/mol. The third-order valence-electron chi connectivity index (χ3n) is 2.07. The number of pyridine rings is 1. The summed E-state index contributed by atoms with van der Waals surface area (Å²) < 4.78 is 0. The highest BCUT2D eigenvalue weighted by atomic mass is 35.5. The van der Waals surface area contributed by atoms with Gasteiger partial charge in [-0.25, -0.2) is 4.98 Å². The number of ketones is 1. The van der Waals surface area contributed by atoms with Crippen LogP contribution in [0.1, 0.15) is 29.4 Å². The molecule has 1 aromatic heterocycles. The maximum absolute atomic E-state index is 11.6. The standard InChI is InChI=1S/C11H13ClN2O2/c1-3-8(15)6-13-11(16)9-5-4-7(2)14-10(9)12/h4-5H,3,6H2,1-2H3,(H,13,16). The lowest BCUT2D eigenvalue weighted by molar-refractivity contribution is -0.117. The molecule has 0 aliphatic carbocycles. The molecule has 0 saturated heterocycles. The first-order valence-electron chi connectivity index (χ1n) is 4.97. The fourth-order valence-corrected chi connectivity index (χ4v) is 1.38. The second-order valence-electron chi connectivity index (χ2n) is 3.37. The van der Waals surface area contributed by atoms with Crippen LogP contribution in [0.15, 0.2) is 12.1 Å². The average Bonchev–Trinajstić information content (AvgIpc) is 2.25. The van der Waals surface area contributed by atoms with Crippen molar-refractivity contribution in [3.8, 4) is 0 Å². The molecule has 1 amide bonds. The van der Waals surface area contributed by atoms with E-state index in [0.29, 0.717) is 6.42 Å². The lowest BCUT2D eigenvalue weighted by Gasteiger charge is -2.05. The number of rotatable bonds is 4. The van der Waals surface area contributed by atoms with Crippen LogP contribution in [0.4, 0.5) is 0 Å². The van der Waals surface area contributed by atoms with Gasteiger partial charge in [0.25, 0.3) is 5.91 Å². The van der Waals surface area contributed by atoms with Gasteiger partial charge in [-0.15, -0.1) is 0 Å². The number of amides is 1. The van der Waals surface area contributed by atoms with Crippen molar-refractivity contribution in [3.05, 3.63) is 28.5 Å². The third-order valence-corrected chi connectivity index (χ3v) is 2.36. The number of halogens is 1. The number of hydrogen-bond donors (Lipinski definition) is 1. The molecule has 0 aliphatic rings. The lowest BCUT2D eigenvalue weighted by Crippen LogP contribution is -2.29. The Hall–Kier alpha value is -1.42. The largest absolute Gasteiger partial charge is 0.345 e. The first-order valence-corrected chi connectivity index (χ1v) is 5.35. The van der Waals surface area contributed by atoms with E-state index in [0.717, 1.165) is 5.69 Å². The van der Waals surface area contributed by atoms with Crippen LogP contribution in [0.25, 0.3) is 0 Å². The SMILES string of the molecule is CCC(=O)CNC(=O)c1ccc(C)nc1Cl. The van der Waals surface area contributed by atoms with E-state index in [1.165, 1.54) is 0 Å². The summed E-state index contributed by atoms with van der Waals surface area (Å²) >= 11 is 5.82. The van der Waals surface area contributed by atoms with E-state index < -0.39 is 0 Å². The Labute approximate surface area is 99.0 Å². The van der Waals surface area contributed by atoms with Gasteiger partial charge in [0.05, 0.1) is 12.1 Å². The van der Waals surface area contributed by atoms with Gasteiger partial charge in [0.1, 0.15) is 5.15 Å². The Balaban J connectivity index is 2.70. The zero-order valence-corrected chi connectivity index (χ0v) is 9.97. The number of aryl methyl sites for hydroxylation is 1. The molecule has 0 atom stereocenters. The van der Waals surface area contributed by atoms with Gasteiger partial charge in [-0.1, -0.05) is 18.5 Å². The van der Waals surface area contributed by atoms with E-state index in [4.69, 9.17) is 11.6 Å². The molecule has 0 spiro atoms. The Morgan fingerprint density at radius 1 is 1.44 bits per heavy atom. The van der Waals surface area contributed by atoms with Crippen molar-refractivity contribution in [1.82, 2.24) is 10.3 Å². The predicted octanol–water partition coefficient (Wildman–Crippen LogP) is 1.75. The summed E-state index contributed by atoms with van der Waals surface area (Å²) in [5, 5.41) is 2.65. The van der Waals surface area contributed by atoms with Crippen LogP contribution in [-0.4, -0.2) is 23.2 Å². The van der Waals surface area contributed by atoms with Gasteiger partial charge >= 0.3 is 0 Å². The van der Waals surface area contributed by atoms with Gasteiger partial charge in [0.15, 0.2) is 5.78 Å². The van der Waals surface area contributed by atoms with Gasteiger partial charge in [-0.3, -0.25) is 9.59 Å². The van der Waals surface area contributed by atoms with Crippen LogP contribution in [0.3, 0.4) is 0 Å². The number of carbonyl (C=O) groups excluding carboxylic acids is 2. The second kappa shape index (κ2) is 5.61. The molecule has 1 rings (SSSR count). The minimum Gasteiger partial charge on any atom is -0.345 e. The van der Waals surface area contributed by atoms with Crippen LogP contribution in [0, 0.1) is 6.92 Å². The molecular formula is C11H13ClN2O2. The maximum atomic E-state index is 11.6. The molecule has 1 N–H and O–H groups in total. The van der Waals surface area contributed by atoms with Crippen molar-refractivity contribution in [2.24, 2.45) is 0 Å². The quantitative estimate of drug-likeness (QED) is 0.816. The van der Waals surface area contributed by atoms with E-state index >= 15 is 0 Å². The molecule has 4 nitrogen and oxygen atoms in total. The average molecular weight is 241 g/mol. The normalized spacial score (nSPS) is 9.94. The molecule has 0 aromatic carbocycles. The molecule has 0 aliphatic heterocycles. The minimum atomic E-state index is -0.376. The topological polar surface area (TPSA) is 59.1 Å². The molecule has 0 unspecified atom stereocenters. The van der Waals surface area contributed by atoms with E-state index in [9.17, 15) is 9.59 Å². The van der Waals surface area contributed by atoms with Crippen molar-refractivity contribution in [2.75, 3.05) is 6.54 Å². The van der Waals surface area contributed by atoms with Gasteiger partial charge in [0.2, 0.25) is 0 Å². The van der Waals surface area contributed by atoms with Gasteiger partial charge in [0, 0.05) is 12.1 Å². The molecule has 1 heterocycles. The van der Waals surface area contributed by atoms with Crippen molar-refractivity contribution in [1.29, 1.82) is 0 Å². The summed E-state index contributed by atoms with van der Waals surface area (Å²) in [6.45, 7) is 3.56. The molecule has 0 radical (unpaired) electrons. The van der Waals surface area contributed by atoms with Crippen LogP contribution in [-0.2, 0) is 4.79 Å².